The summed E-state index contributed by atoms with van der Waals surface area (Å²) in [5.41, 5.74) is -1.11. The van der Waals surface area contributed by atoms with Gasteiger partial charge in [-0.25, -0.2) is 0 Å². The van der Waals surface area contributed by atoms with Gasteiger partial charge in [0.2, 0.25) is 0 Å². The fraction of sp³-hybridized carbons (Fsp3) is 0.875. The minimum atomic E-state index is -0.565. The molecule has 4 fully saturated rings. The van der Waals surface area contributed by atoms with Crippen molar-refractivity contribution >= 4 is 11.6 Å². The number of rotatable bonds is 0. The van der Waals surface area contributed by atoms with E-state index in [2.05, 4.69) is 4.90 Å². The number of Topliss-reactive ketones (excluding diaryl/α,β-unsaturated/α-hetero) is 2. The van der Waals surface area contributed by atoms with Crippen LogP contribution in [0.1, 0.15) is 45.4 Å². The van der Waals surface area contributed by atoms with E-state index >= 15 is 0 Å². The minimum Gasteiger partial charge on any atom is -0.392 e. The minimum absolute atomic E-state index is 0.00199. The molecular formula is C16H23NO3. The summed E-state index contributed by atoms with van der Waals surface area (Å²) in [4.78, 5) is 28.1. The fourth-order valence-corrected chi connectivity index (χ4v) is 6.02. The summed E-state index contributed by atoms with van der Waals surface area (Å²) in [6.07, 6.45) is 4.00. The first-order chi connectivity index (χ1) is 9.54. The standard InChI is InChI=1S/C16H23NO3/c1-10-8-12(18)15-4-2-6-17-7-3-5-16(15,17)13(19)9-11(15)14(10)20/h10-11,14,20H,2-9H2,1H3. The molecule has 4 aliphatic rings. The van der Waals surface area contributed by atoms with Crippen molar-refractivity contribution in [3.63, 3.8) is 0 Å². The molecule has 0 radical (unpaired) electrons. The SMILES string of the molecule is CC1CC(=O)C23CCCN4CCCC42C(=O)CC3C1O. The summed E-state index contributed by atoms with van der Waals surface area (Å²) in [5.74, 6) is 0.365. The van der Waals surface area contributed by atoms with Gasteiger partial charge in [-0.05, 0) is 44.7 Å². The maximum Gasteiger partial charge on any atom is 0.154 e. The quantitative estimate of drug-likeness (QED) is 0.722. The smallest absolute Gasteiger partial charge is 0.154 e. The molecule has 110 valence electrons. The van der Waals surface area contributed by atoms with Crippen molar-refractivity contribution in [1.82, 2.24) is 4.90 Å². The Hall–Kier alpha value is -0.740. The van der Waals surface area contributed by atoms with Crippen LogP contribution in [0.3, 0.4) is 0 Å². The van der Waals surface area contributed by atoms with Gasteiger partial charge >= 0.3 is 0 Å². The van der Waals surface area contributed by atoms with Crippen LogP contribution in [0.5, 0.6) is 0 Å². The molecule has 1 N–H and O–H groups in total. The van der Waals surface area contributed by atoms with Gasteiger partial charge in [-0.2, -0.15) is 0 Å². The van der Waals surface area contributed by atoms with E-state index in [4.69, 9.17) is 0 Å². The molecule has 2 saturated heterocycles. The molecule has 20 heavy (non-hydrogen) atoms. The van der Waals surface area contributed by atoms with Gasteiger partial charge in [0.1, 0.15) is 5.78 Å². The second-order valence-electron chi connectivity index (χ2n) is 7.35. The molecule has 2 spiro atoms. The van der Waals surface area contributed by atoms with E-state index in [-0.39, 0.29) is 23.4 Å². The van der Waals surface area contributed by atoms with Crippen LogP contribution in [0, 0.1) is 17.3 Å². The molecule has 0 bridgehead atoms. The average Bonchev–Trinajstić information content (AvgIpc) is 2.96. The number of piperidine rings is 1. The first kappa shape index (κ1) is 13.0. The van der Waals surface area contributed by atoms with E-state index in [1.165, 1.54) is 0 Å². The molecular weight excluding hydrogens is 254 g/mol. The Morgan fingerprint density at radius 2 is 1.80 bits per heavy atom. The zero-order valence-electron chi connectivity index (χ0n) is 12.1. The number of hydrogen-bond donors (Lipinski definition) is 1. The third-order valence-electron chi connectivity index (χ3n) is 6.74. The highest BCUT2D eigenvalue weighted by Gasteiger charge is 2.74. The normalized spacial score (nSPS) is 51.8. The highest BCUT2D eigenvalue weighted by atomic mass is 16.3. The van der Waals surface area contributed by atoms with Gasteiger partial charge in [-0.15, -0.1) is 0 Å². The van der Waals surface area contributed by atoms with Crippen LogP contribution in [0.25, 0.3) is 0 Å². The van der Waals surface area contributed by atoms with E-state index in [1.807, 2.05) is 6.92 Å². The number of hydrogen-bond acceptors (Lipinski definition) is 4. The first-order valence-corrected chi connectivity index (χ1v) is 8.04. The molecule has 0 aromatic carbocycles. The predicted molar refractivity (Wildman–Crippen MR) is 73.1 cm³/mol. The van der Waals surface area contributed by atoms with Gasteiger partial charge < -0.3 is 5.11 Å². The number of ketones is 2. The Kier molecular flexibility index (Phi) is 2.54. The van der Waals surface area contributed by atoms with Crippen molar-refractivity contribution in [3.05, 3.63) is 0 Å². The third-order valence-corrected chi connectivity index (χ3v) is 6.74. The van der Waals surface area contributed by atoms with Crippen molar-refractivity contribution in [2.24, 2.45) is 17.3 Å². The van der Waals surface area contributed by atoms with Crippen molar-refractivity contribution in [3.8, 4) is 0 Å². The number of aliphatic hydroxyl groups is 1. The van der Waals surface area contributed by atoms with Gasteiger partial charge in [0.25, 0.3) is 0 Å². The highest BCUT2D eigenvalue weighted by Crippen LogP contribution is 2.64. The highest BCUT2D eigenvalue weighted by molar-refractivity contribution is 6.03. The largest absolute Gasteiger partial charge is 0.392 e. The van der Waals surface area contributed by atoms with Crippen LogP contribution in [0.15, 0.2) is 0 Å². The predicted octanol–water partition coefficient (Wildman–Crippen LogP) is 1.16. The maximum atomic E-state index is 13.0. The molecule has 5 unspecified atom stereocenters. The molecule has 4 heteroatoms. The monoisotopic (exact) mass is 277 g/mol. The van der Waals surface area contributed by atoms with Crippen molar-refractivity contribution in [1.29, 1.82) is 0 Å². The van der Waals surface area contributed by atoms with Gasteiger partial charge in [-0.3, -0.25) is 14.5 Å². The zero-order valence-corrected chi connectivity index (χ0v) is 12.1. The Morgan fingerprint density at radius 1 is 1.10 bits per heavy atom. The molecule has 4 nitrogen and oxygen atoms in total. The van der Waals surface area contributed by atoms with Crippen LogP contribution in [-0.4, -0.2) is 46.3 Å². The number of nitrogens with zero attached hydrogens (tertiary/aromatic N) is 1. The van der Waals surface area contributed by atoms with Gasteiger partial charge in [-0.1, -0.05) is 6.92 Å². The zero-order chi connectivity index (χ0) is 14.1. The number of carbonyl (C=O) groups excluding carboxylic acids is 2. The topological polar surface area (TPSA) is 57.6 Å². The first-order valence-electron chi connectivity index (χ1n) is 8.04. The molecule has 2 aliphatic heterocycles. The molecule has 2 heterocycles. The van der Waals surface area contributed by atoms with E-state index in [1.54, 1.807) is 0 Å². The molecule has 0 amide bonds. The Balaban J connectivity index is 1.91. The van der Waals surface area contributed by atoms with E-state index < -0.39 is 17.1 Å². The lowest BCUT2D eigenvalue weighted by atomic mass is 9.53. The molecule has 0 aromatic rings. The molecule has 5 atom stereocenters. The molecule has 4 rings (SSSR count). The summed E-state index contributed by atoms with van der Waals surface area (Å²) in [6.45, 7) is 3.83. The summed E-state index contributed by atoms with van der Waals surface area (Å²) >= 11 is 0. The average molecular weight is 277 g/mol. The van der Waals surface area contributed by atoms with Crippen LogP contribution in [0.2, 0.25) is 0 Å². The number of aliphatic hydroxyl groups excluding tert-OH is 1. The third kappa shape index (κ3) is 1.18. The molecule has 0 aromatic heterocycles. The summed E-state index contributed by atoms with van der Waals surface area (Å²) < 4.78 is 0. The van der Waals surface area contributed by atoms with Crippen LogP contribution < -0.4 is 0 Å². The van der Waals surface area contributed by atoms with Gasteiger partial charge in [0, 0.05) is 18.8 Å². The van der Waals surface area contributed by atoms with E-state index in [0.29, 0.717) is 12.8 Å². The Morgan fingerprint density at radius 3 is 2.55 bits per heavy atom. The van der Waals surface area contributed by atoms with Crippen molar-refractivity contribution in [2.45, 2.75) is 57.1 Å². The summed E-state index contributed by atoms with van der Waals surface area (Å²) in [6, 6.07) is 0. The maximum absolute atomic E-state index is 13.0. The Bertz CT molecular complexity index is 490. The van der Waals surface area contributed by atoms with E-state index in [0.717, 1.165) is 38.8 Å². The van der Waals surface area contributed by atoms with Crippen molar-refractivity contribution in [2.75, 3.05) is 13.1 Å². The van der Waals surface area contributed by atoms with Crippen LogP contribution in [-0.2, 0) is 9.59 Å². The lowest BCUT2D eigenvalue weighted by Gasteiger charge is -2.56. The molecule has 2 aliphatic carbocycles. The lowest BCUT2D eigenvalue weighted by Crippen LogP contribution is -2.67. The van der Waals surface area contributed by atoms with Gasteiger partial charge in [0.15, 0.2) is 5.78 Å². The number of carbonyl (C=O) groups is 2. The van der Waals surface area contributed by atoms with Crippen LogP contribution >= 0.6 is 0 Å². The molecule has 2 saturated carbocycles. The fourth-order valence-electron chi connectivity index (χ4n) is 6.02. The van der Waals surface area contributed by atoms with E-state index in [9.17, 15) is 14.7 Å². The lowest BCUT2D eigenvalue weighted by molar-refractivity contribution is -0.165. The Labute approximate surface area is 119 Å². The van der Waals surface area contributed by atoms with Crippen molar-refractivity contribution < 1.29 is 14.7 Å². The summed E-state index contributed by atoms with van der Waals surface area (Å²) in [7, 11) is 0. The second-order valence-corrected chi connectivity index (χ2v) is 7.35. The van der Waals surface area contributed by atoms with Crippen LogP contribution in [0.4, 0.5) is 0 Å². The van der Waals surface area contributed by atoms with Gasteiger partial charge in [0.05, 0.1) is 17.1 Å². The second kappa shape index (κ2) is 3.92. The summed E-state index contributed by atoms with van der Waals surface area (Å²) in [5, 5.41) is 10.6.